The molecule has 0 spiro atoms. The van der Waals surface area contributed by atoms with Crippen LogP contribution in [0.1, 0.15) is 17.2 Å². The van der Waals surface area contributed by atoms with Gasteiger partial charge in [0.1, 0.15) is 6.04 Å². The van der Waals surface area contributed by atoms with Gasteiger partial charge in [0.2, 0.25) is 0 Å². The number of halogens is 1. The molecule has 0 amide bonds. The Morgan fingerprint density at radius 3 is 1.74 bits per heavy atom. The van der Waals surface area contributed by atoms with E-state index in [9.17, 15) is 0 Å². The maximum absolute atomic E-state index is 5.86. The third kappa shape index (κ3) is 4.54. The molecule has 0 aromatic heterocycles. The summed E-state index contributed by atoms with van der Waals surface area (Å²) in [5.74, 6) is 0. The first-order valence-electron chi connectivity index (χ1n) is 5.78. The molecular weight excluding hydrogens is 367 g/mol. The zero-order valence-electron chi connectivity index (χ0n) is 10.7. The number of thioether (sulfide) groups is 1. The Morgan fingerprint density at radius 2 is 1.37 bits per heavy atom. The van der Waals surface area contributed by atoms with Gasteiger partial charge in [0.25, 0.3) is 0 Å². The molecule has 0 aliphatic carbocycles. The summed E-state index contributed by atoms with van der Waals surface area (Å²) >= 11 is 1.47. The molecule has 0 bridgehead atoms. The maximum Gasteiger partial charge on any atom is 0.154 e. The van der Waals surface area contributed by atoms with E-state index >= 15 is 0 Å². The van der Waals surface area contributed by atoms with E-state index in [1.165, 1.54) is 11.8 Å². The summed E-state index contributed by atoms with van der Waals surface area (Å²) < 4.78 is 0. The van der Waals surface area contributed by atoms with Crippen molar-refractivity contribution in [1.82, 2.24) is 0 Å². The summed E-state index contributed by atoms with van der Waals surface area (Å²) in [4.78, 5) is 4.59. The van der Waals surface area contributed by atoms with E-state index < -0.39 is 0 Å². The fourth-order valence-electron chi connectivity index (χ4n) is 1.79. The number of nitrogens with zero attached hydrogens (tertiary/aromatic N) is 1. The molecule has 100 valence electrons. The average molecular weight is 384 g/mol. The van der Waals surface area contributed by atoms with E-state index in [1.54, 1.807) is 0 Å². The number of hydrogen-bond donors (Lipinski definition) is 1. The zero-order chi connectivity index (χ0) is 12.8. The molecule has 2 aromatic rings. The predicted molar refractivity (Wildman–Crippen MR) is 95.3 cm³/mol. The molecule has 0 saturated heterocycles. The van der Waals surface area contributed by atoms with Gasteiger partial charge in [0, 0.05) is 0 Å². The molecule has 0 heterocycles. The summed E-state index contributed by atoms with van der Waals surface area (Å²) in [5, 5.41) is 0.604. The molecule has 2 aromatic carbocycles. The molecule has 2 N–H and O–H groups in total. The highest BCUT2D eigenvalue weighted by atomic mass is 127. The van der Waals surface area contributed by atoms with Crippen molar-refractivity contribution < 1.29 is 0 Å². The van der Waals surface area contributed by atoms with E-state index in [0.29, 0.717) is 5.17 Å². The van der Waals surface area contributed by atoms with Crippen LogP contribution in [0.15, 0.2) is 65.7 Å². The van der Waals surface area contributed by atoms with Gasteiger partial charge < -0.3 is 5.73 Å². The largest absolute Gasteiger partial charge is 0.379 e. The van der Waals surface area contributed by atoms with E-state index in [-0.39, 0.29) is 30.0 Å². The van der Waals surface area contributed by atoms with Crippen LogP contribution in [0.3, 0.4) is 0 Å². The van der Waals surface area contributed by atoms with Crippen molar-refractivity contribution in [3.63, 3.8) is 0 Å². The van der Waals surface area contributed by atoms with Gasteiger partial charge in [0.15, 0.2) is 5.17 Å². The highest BCUT2D eigenvalue weighted by molar-refractivity contribution is 14.0. The van der Waals surface area contributed by atoms with Gasteiger partial charge in [-0.05, 0) is 17.4 Å². The van der Waals surface area contributed by atoms with E-state index in [1.807, 2.05) is 42.7 Å². The summed E-state index contributed by atoms with van der Waals surface area (Å²) in [7, 11) is 0. The van der Waals surface area contributed by atoms with Crippen molar-refractivity contribution in [3.8, 4) is 0 Å². The lowest BCUT2D eigenvalue weighted by Gasteiger charge is -2.14. The molecular formula is C15H17IN2S. The number of amidine groups is 1. The SMILES string of the molecule is CSC(N)=NC(c1ccccc1)c1ccccc1.I. The van der Waals surface area contributed by atoms with Crippen molar-refractivity contribution >= 4 is 40.9 Å². The van der Waals surface area contributed by atoms with Crippen LogP contribution in [-0.4, -0.2) is 11.4 Å². The standard InChI is InChI=1S/C15H16N2S.HI/c1-18-15(16)17-14(12-8-4-2-5-9-12)13-10-6-3-7-11-13;/h2-11,14H,1H3,(H2,16,17);1H. The Kier molecular flexibility index (Phi) is 6.94. The monoisotopic (exact) mass is 384 g/mol. The second-order valence-corrected chi connectivity index (χ2v) is 4.72. The molecule has 0 atom stereocenters. The van der Waals surface area contributed by atoms with Gasteiger partial charge >= 0.3 is 0 Å². The quantitative estimate of drug-likeness (QED) is 0.492. The van der Waals surface area contributed by atoms with Gasteiger partial charge in [0.05, 0.1) is 0 Å². The van der Waals surface area contributed by atoms with Crippen LogP contribution in [0.25, 0.3) is 0 Å². The number of rotatable bonds is 3. The Morgan fingerprint density at radius 1 is 0.947 bits per heavy atom. The van der Waals surface area contributed by atoms with Crippen LogP contribution in [-0.2, 0) is 0 Å². The Bertz CT molecular complexity index is 475. The number of hydrogen-bond acceptors (Lipinski definition) is 2. The molecule has 19 heavy (non-hydrogen) atoms. The molecule has 0 saturated carbocycles. The number of benzene rings is 2. The second-order valence-electron chi connectivity index (χ2n) is 3.90. The van der Waals surface area contributed by atoms with Crippen molar-refractivity contribution in [3.05, 3.63) is 71.8 Å². The van der Waals surface area contributed by atoms with Crippen molar-refractivity contribution in [1.29, 1.82) is 0 Å². The smallest absolute Gasteiger partial charge is 0.154 e. The first kappa shape index (κ1) is 16.0. The van der Waals surface area contributed by atoms with Crippen LogP contribution in [0.4, 0.5) is 0 Å². The fraction of sp³-hybridized carbons (Fsp3) is 0.133. The van der Waals surface area contributed by atoms with Crippen LogP contribution in [0.5, 0.6) is 0 Å². The first-order chi connectivity index (χ1) is 8.81. The van der Waals surface area contributed by atoms with E-state index in [0.717, 1.165) is 11.1 Å². The van der Waals surface area contributed by atoms with Crippen LogP contribution in [0, 0.1) is 0 Å². The van der Waals surface area contributed by atoms with Crippen LogP contribution in [0.2, 0.25) is 0 Å². The molecule has 0 aliphatic rings. The Labute approximate surface area is 135 Å². The van der Waals surface area contributed by atoms with Gasteiger partial charge in [-0.25, -0.2) is 4.99 Å². The molecule has 4 heteroatoms. The third-order valence-electron chi connectivity index (χ3n) is 2.70. The lowest BCUT2D eigenvalue weighted by atomic mass is 9.99. The third-order valence-corrected chi connectivity index (χ3v) is 3.22. The van der Waals surface area contributed by atoms with Gasteiger partial charge in [-0.3, -0.25) is 0 Å². The lowest BCUT2D eigenvalue weighted by molar-refractivity contribution is 0.874. The number of nitrogens with two attached hydrogens (primary N) is 1. The number of aliphatic imine (C=N–C) groups is 1. The maximum atomic E-state index is 5.86. The van der Waals surface area contributed by atoms with Gasteiger partial charge in [-0.15, -0.1) is 24.0 Å². The van der Waals surface area contributed by atoms with Crippen molar-refractivity contribution in [2.45, 2.75) is 6.04 Å². The molecule has 0 unspecified atom stereocenters. The molecule has 0 radical (unpaired) electrons. The normalized spacial score (nSPS) is 11.2. The van der Waals surface area contributed by atoms with Gasteiger partial charge in [-0.2, -0.15) is 0 Å². The summed E-state index contributed by atoms with van der Waals surface area (Å²) in [6, 6.07) is 20.4. The van der Waals surface area contributed by atoms with Crippen molar-refractivity contribution in [2.24, 2.45) is 10.7 Å². The summed E-state index contributed by atoms with van der Waals surface area (Å²) in [6.07, 6.45) is 1.94. The Hall–Kier alpha value is -1.01. The molecule has 2 nitrogen and oxygen atoms in total. The predicted octanol–water partition coefficient (Wildman–Crippen LogP) is 4.07. The lowest BCUT2D eigenvalue weighted by Crippen LogP contribution is -2.09. The average Bonchev–Trinajstić information content (AvgIpc) is 2.46. The zero-order valence-corrected chi connectivity index (χ0v) is 13.8. The molecule has 0 aliphatic heterocycles. The van der Waals surface area contributed by atoms with E-state index in [4.69, 9.17) is 5.73 Å². The Balaban J connectivity index is 0.00000180. The highest BCUT2D eigenvalue weighted by Gasteiger charge is 2.12. The van der Waals surface area contributed by atoms with Crippen molar-refractivity contribution in [2.75, 3.05) is 6.26 Å². The molecule has 2 rings (SSSR count). The topological polar surface area (TPSA) is 38.4 Å². The highest BCUT2D eigenvalue weighted by Crippen LogP contribution is 2.26. The van der Waals surface area contributed by atoms with Gasteiger partial charge in [-0.1, -0.05) is 72.4 Å². The van der Waals surface area contributed by atoms with E-state index in [2.05, 4.69) is 29.3 Å². The fourth-order valence-corrected chi connectivity index (χ4v) is 2.00. The summed E-state index contributed by atoms with van der Waals surface area (Å²) in [5.41, 5.74) is 8.17. The first-order valence-corrected chi connectivity index (χ1v) is 7.01. The van der Waals surface area contributed by atoms with Crippen LogP contribution < -0.4 is 5.73 Å². The summed E-state index contributed by atoms with van der Waals surface area (Å²) in [6.45, 7) is 0. The van der Waals surface area contributed by atoms with Crippen LogP contribution >= 0.6 is 35.7 Å². The second kappa shape index (κ2) is 8.22. The molecule has 0 fully saturated rings. The minimum atomic E-state index is -0.0279. The minimum absolute atomic E-state index is 0. The minimum Gasteiger partial charge on any atom is -0.379 e.